The standard InChI is InChI=1S/C18H22ClNO2S2/c1-5-16-15(10-14(11-21)23-16)17(20-24(22)18(2,3)4)12-7-6-8-13(19)9-12/h6-11,17,20H,5H2,1-4H3. The zero-order valence-corrected chi connectivity index (χ0v) is 16.6. The lowest BCUT2D eigenvalue weighted by Crippen LogP contribution is -2.41. The Kier molecular flexibility index (Phi) is 6.51. The van der Waals surface area contributed by atoms with Crippen molar-refractivity contribution in [3.8, 4) is 0 Å². The molecular weight excluding hydrogens is 362 g/mol. The molecule has 0 saturated heterocycles. The Morgan fingerprint density at radius 3 is 2.62 bits per heavy atom. The molecule has 0 fully saturated rings. The van der Waals surface area contributed by atoms with Gasteiger partial charge in [-0.1, -0.05) is 30.7 Å². The van der Waals surface area contributed by atoms with E-state index in [1.165, 1.54) is 11.3 Å². The van der Waals surface area contributed by atoms with Gasteiger partial charge >= 0.3 is 0 Å². The third-order valence-electron chi connectivity index (χ3n) is 3.57. The van der Waals surface area contributed by atoms with Crippen LogP contribution in [-0.2, 0) is 17.8 Å². The highest BCUT2D eigenvalue weighted by molar-refractivity contribution is 7.90. The predicted octanol–water partition coefficient (Wildman–Crippen LogP) is 4.92. The normalized spacial score (nSPS) is 14.4. The van der Waals surface area contributed by atoms with Crippen LogP contribution in [0.25, 0.3) is 0 Å². The van der Waals surface area contributed by atoms with Crippen LogP contribution in [0.15, 0.2) is 30.3 Å². The maximum Gasteiger partial charge on any atom is 0.160 e. The third-order valence-corrected chi connectivity index (χ3v) is 6.59. The van der Waals surface area contributed by atoms with Gasteiger partial charge in [0.15, 0.2) is 6.29 Å². The number of hydrogen-bond acceptors (Lipinski definition) is 4. The number of rotatable bonds is 6. The highest BCUT2D eigenvalue weighted by Crippen LogP contribution is 2.34. The fraction of sp³-hybridized carbons (Fsp3) is 0.389. The Morgan fingerprint density at radius 1 is 1.38 bits per heavy atom. The van der Waals surface area contributed by atoms with Crippen molar-refractivity contribution in [3.05, 3.63) is 56.2 Å². The van der Waals surface area contributed by atoms with Crippen LogP contribution in [0.2, 0.25) is 5.02 Å². The van der Waals surface area contributed by atoms with Crippen molar-refractivity contribution in [2.75, 3.05) is 0 Å². The van der Waals surface area contributed by atoms with E-state index in [-0.39, 0.29) is 6.04 Å². The fourth-order valence-corrected chi connectivity index (χ4v) is 4.31. The van der Waals surface area contributed by atoms with Gasteiger partial charge < -0.3 is 4.55 Å². The summed E-state index contributed by atoms with van der Waals surface area (Å²) in [6.45, 7) is 7.84. The number of carbonyl (C=O) groups is 1. The van der Waals surface area contributed by atoms with Crippen LogP contribution in [-0.4, -0.2) is 15.6 Å². The molecule has 24 heavy (non-hydrogen) atoms. The molecule has 1 heterocycles. The highest BCUT2D eigenvalue weighted by atomic mass is 35.5. The molecule has 0 saturated carbocycles. The zero-order chi connectivity index (χ0) is 17.9. The highest BCUT2D eigenvalue weighted by Gasteiger charge is 2.32. The molecule has 0 aliphatic rings. The van der Waals surface area contributed by atoms with Crippen LogP contribution in [0.5, 0.6) is 0 Å². The minimum atomic E-state index is -1.25. The second kappa shape index (κ2) is 8.02. The Morgan fingerprint density at radius 2 is 2.08 bits per heavy atom. The van der Waals surface area contributed by atoms with E-state index in [1.807, 2.05) is 51.1 Å². The molecule has 2 atom stereocenters. The van der Waals surface area contributed by atoms with E-state index in [1.54, 1.807) is 0 Å². The Bertz CT molecular complexity index is 709. The molecule has 0 radical (unpaired) electrons. The summed E-state index contributed by atoms with van der Waals surface area (Å²) in [6.07, 6.45) is 1.68. The van der Waals surface area contributed by atoms with Gasteiger partial charge in [-0.25, -0.2) is 0 Å². The molecule has 6 heteroatoms. The molecule has 130 valence electrons. The summed E-state index contributed by atoms with van der Waals surface area (Å²) < 4.78 is 15.5. The molecule has 0 aliphatic heterocycles. The molecule has 2 rings (SSSR count). The van der Waals surface area contributed by atoms with Gasteiger partial charge in [0, 0.05) is 21.3 Å². The molecule has 0 spiro atoms. The average molecular weight is 384 g/mol. The summed E-state index contributed by atoms with van der Waals surface area (Å²) in [4.78, 5) is 13.0. The molecule has 1 aromatic carbocycles. The first-order valence-corrected chi connectivity index (χ1v) is 10.1. The lowest BCUT2D eigenvalue weighted by atomic mass is 9.99. The number of benzene rings is 1. The first-order valence-electron chi connectivity index (χ1n) is 7.77. The summed E-state index contributed by atoms with van der Waals surface area (Å²) in [7, 11) is 0. The van der Waals surface area contributed by atoms with Crippen LogP contribution < -0.4 is 4.72 Å². The molecule has 1 aromatic heterocycles. The number of hydrogen-bond donors (Lipinski definition) is 1. The first-order chi connectivity index (χ1) is 11.3. The van der Waals surface area contributed by atoms with Crippen molar-refractivity contribution >= 4 is 40.6 Å². The van der Waals surface area contributed by atoms with Gasteiger partial charge in [-0.2, -0.15) is 0 Å². The number of halogens is 1. The monoisotopic (exact) mass is 383 g/mol. The van der Waals surface area contributed by atoms with Gasteiger partial charge in [0.1, 0.15) is 10.8 Å². The van der Waals surface area contributed by atoms with Crippen molar-refractivity contribution in [1.29, 1.82) is 0 Å². The molecule has 1 N–H and O–H groups in total. The maximum atomic E-state index is 12.7. The van der Waals surface area contributed by atoms with Crippen LogP contribution in [0, 0.1) is 0 Å². The van der Waals surface area contributed by atoms with Gasteiger partial charge in [0.05, 0.1) is 4.88 Å². The van der Waals surface area contributed by atoms with E-state index >= 15 is 0 Å². The first kappa shape index (κ1) is 19.5. The quantitative estimate of drug-likeness (QED) is 0.569. The molecule has 3 nitrogen and oxygen atoms in total. The van der Waals surface area contributed by atoms with Gasteiger partial charge in [-0.15, -0.1) is 16.1 Å². The molecule has 2 unspecified atom stereocenters. The smallest absolute Gasteiger partial charge is 0.160 e. The number of thiophene rings is 1. The fourth-order valence-electron chi connectivity index (χ4n) is 2.32. The second-order valence-electron chi connectivity index (χ2n) is 6.49. The Labute approximate surface area is 155 Å². The van der Waals surface area contributed by atoms with Crippen LogP contribution in [0.3, 0.4) is 0 Å². The SMILES string of the molecule is CCc1sc(C=O)cc1C(N[S+]([O-])C(C)(C)C)c1cccc(Cl)c1. The van der Waals surface area contributed by atoms with Gasteiger partial charge in [-0.3, -0.25) is 4.79 Å². The van der Waals surface area contributed by atoms with Crippen LogP contribution in [0.1, 0.15) is 59.4 Å². The third kappa shape index (κ3) is 4.61. The predicted molar refractivity (Wildman–Crippen MR) is 103 cm³/mol. The van der Waals surface area contributed by atoms with E-state index in [4.69, 9.17) is 11.6 Å². The largest absolute Gasteiger partial charge is 0.598 e. The van der Waals surface area contributed by atoms with E-state index in [9.17, 15) is 9.35 Å². The number of nitrogens with one attached hydrogen (secondary N) is 1. The van der Waals surface area contributed by atoms with Crippen molar-refractivity contribution in [2.24, 2.45) is 0 Å². The molecule has 0 amide bonds. The summed E-state index contributed by atoms with van der Waals surface area (Å²) >= 11 is 6.38. The van der Waals surface area contributed by atoms with E-state index in [2.05, 4.69) is 11.6 Å². The second-order valence-corrected chi connectivity index (χ2v) is 10.1. The minimum Gasteiger partial charge on any atom is -0.598 e. The Hall–Kier alpha value is -0.850. The van der Waals surface area contributed by atoms with Crippen molar-refractivity contribution in [3.63, 3.8) is 0 Å². The summed E-state index contributed by atoms with van der Waals surface area (Å²) in [6, 6.07) is 9.13. The lowest BCUT2D eigenvalue weighted by molar-refractivity contribution is 0.112. The minimum absolute atomic E-state index is 0.274. The molecular formula is C18H22ClNO2S2. The molecule has 0 bridgehead atoms. The maximum absolute atomic E-state index is 12.7. The summed E-state index contributed by atoms with van der Waals surface area (Å²) in [5.74, 6) is 0. The zero-order valence-electron chi connectivity index (χ0n) is 14.3. The Balaban J connectivity index is 2.50. The topological polar surface area (TPSA) is 52.2 Å². The molecule has 0 aliphatic carbocycles. The number of carbonyl (C=O) groups excluding carboxylic acids is 1. The van der Waals surface area contributed by atoms with Gasteiger partial charge in [-0.05, 0) is 56.5 Å². The van der Waals surface area contributed by atoms with E-state index in [0.29, 0.717) is 9.90 Å². The number of aldehydes is 1. The van der Waals surface area contributed by atoms with Crippen molar-refractivity contribution in [1.82, 2.24) is 4.72 Å². The molecule has 2 aromatic rings. The van der Waals surface area contributed by atoms with Crippen LogP contribution in [0.4, 0.5) is 0 Å². The summed E-state index contributed by atoms with van der Waals surface area (Å²) in [5, 5.41) is 0.629. The van der Waals surface area contributed by atoms with Crippen molar-refractivity contribution < 1.29 is 9.35 Å². The number of aryl methyl sites for hydroxylation is 1. The van der Waals surface area contributed by atoms with Gasteiger partial charge in [0.25, 0.3) is 0 Å². The average Bonchev–Trinajstić information content (AvgIpc) is 2.94. The van der Waals surface area contributed by atoms with Gasteiger partial charge in [0.2, 0.25) is 0 Å². The van der Waals surface area contributed by atoms with E-state index < -0.39 is 16.1 Å². The van der Waals surface area contributed by atoms with Crippen molar-refractivity contribution in [2.45, 2.75) is 44.9 Å². The van der Waals surface area contributed by atoms with E-state index in [0.717, 1.165) is 28.7 Å². The summed E-state index contributed by atoms with van der Waals surface area (Å²) in [5.41, 5.74) is 1.93. The van der Waals surface area contributed by atoms with Crippen LogP contribution >= 0.6 is 22.9 Å². The lowest BCUT2D eigenvalue weighted by Gasteiger charge is -2.28.